The Kier molecular flexibility index (Phi) is 3.36. The number of carbonyl (C=O) groups excluding carboxylic acids is 1. The quantitative estimate of drug-likeness (QED) is 0.616. The molecule has 0 N–H and O–H groups in total. The summed E-state index contributed by atoms with van der Waals surface area (Å²) in [6, 6.07) is 11.4. The van der Waals surface area contributed by atoms with E-state index >= 15 is 0 Å². The van der Waals surface area contributed by atoms with E-state index in [2.05, 4.69) is 0 Å². The molecule has 0 saturated carbocycles. The molecule has 0 unspecified atom stereocenters. The van der Waals surface area contributed by atoms with Crippen LogP contribution in [0.1, 0.15) is 11.1 Å². The molecule has 1 aliphatic rings. The van der Waals surface area contributed by atoms with E-state index in [1.807, 2.05) is 0 Å². The lowest BCUT2D eigenvalue weighted by atomic mass is 10.1. The van der Waals surface area contributed by atoms with Crippen molar-refractivity contribution >= 4 is 17.8 Å². The number of carbonyl (C=O) groups is 1. The average molecular weight is 284 g/mol. The van der Waals surface area contributed by atoms with Crippen molar-refractivity contribution in [1.29, 1.82) is 0 Å². The van der Waals surface area contributed by atoms with E-state index in [4.69, 9.17) is 4.74 Å². The molecular weight excluding hydrogens is 274 g/mol. The third-order valence-corrected chi connectivity index (χ3v) is 3.05. The molecule has 2 aromatic carbocycles. The van der Waals surface area contributed by atoms with Gasteiger partial charge in [0.2, 0.25) is 0 Å². The van der Waals surface area contributed by atoms with E-state index in [0.717, 1.165) is 0 Å². The standard InChI is InChI=1S/C17H10F2O2/c18-14-5-1-11(2-6-14)9-13-10-16(21-17(13)20)12-3-7-15(19)8-4-12/h1-10H/b13-9-. The average Bonchev–Trinajstić information content (AvgIpc) is 2.83. The Balaban J connectivity index is 1.91. The van der Waals surface area contributed by atoms with Gasteiger partial charge in [-0.1, -0.05) is 12.1 Å². The fraction of sp³-hybridized carbons (Fsp3) is 0. The Labute approximate surface area is 120 Å². The second-order valence-electron chi connectivity index (χ2n) is 4.56. The van der Waals surface area contributed by atoms with Crippen molar-refractivity contribution in [2.75, 3.05) is 0 Å². The van der Waals surface area contributed by atoms with E-state index in [-0.39, 0.29) is 11.6 Å². The second kappa shape index (κ2) is 5.32. The maximum atomic E-state index is 12.9. The fourth-order valence-electron chi connectivity index (χ4n) is 1.98. The minimum atomic E-state index is -0.487. The highest BCUT2D eigenvalue weighted by molar-refractivity contribution is 6.05. The molecule has 0 amide bonds. The summed E-state index contributed by atoms with van der Waals surface area (Å²) in [5.41, 5.74) is 1.67. The molecule has 2 nitrogen and oxygen atoms in total. The van der Waals surface area contributed by atoms with Crippen LogP contribution in [-0.2, 0) is 9.53 Å². The zero-order valence-corrected chi connectivity index (χ0v) is 10.8. The zero-order chi connectivity index (χ0) is 14.8. The van der Waals surface area contributed by atoms with Gasteiger partial charge in [-0.3, -0.25) is 0 Å². The summed E-state index contributed by atoms with van der Waals surface area (Å²) in [5.74, 6) is -0.813. The molecular formula is C17H10F2O2. The van der Waals surface area contributed by atoms with Gasteiger partial charge in [-0.05, 0) is 54.1 Å². The summed E-state index contributed by atoms with van der Waals surface area (Å²) >= 11 is 0. The molecule has 0 saturated heterocycles. The number of benzene rings is 2. The Bertz CT molecular complexity index is 741. The second-order valence-corrected chi connectivity index (χ2v) is 4.56. The van der Waals surface area contributed by atoms with Crippen LogP contribution in [0.2, 0.25) is 0 Å². The van der Waals surface area contributed by atoms with Crippen LogP contribution < -0.4 is 0 Å². The number of rotatable bonds is 2. The minimum Gasteiger partial charge on any atom is -0.422 e. The van der Waals surface area contributed by atoms with Crippen LogP contribution in [0, 0.1) is 11.6 Å². The topological polar surface area (TPSA) is 26.3 Å². The molecule has 2 aromatic rings. The molecule has 4 heteroatoms. The SMILES string of the molecule is O=C1OC(c2ccc(F)cc2)=C/C1=C/c1ccc(F)cc1. The summed E-state index contributed by atoms with van der Waals surface area (Å²) in [6.07, 6.45) is 3.19. The Hall–Kier alpha value is -2.75. The van der Waals surface area contributed by atoms with Gasteiger partial charge in [-0.25, -0.2) is 13.6 Å². The van der Waals surface area contributed by atoms with Crippen LogP contribution >= 0.6 is 0 Å². The Morgan fingerprint density at radius 3 is 2.05 bits per heavy atom. The van der Waals surface area contributed by atoms with E-state index in [1.54, 1.807) is 24.3 Å². The smallest absolute Gasteiger partial charge is 0.343 e. The first-order valence-electron chi connectivity index (χ1n) is 6.29. The highest BCUT2D eigenvalue weighted by Crippen LogP contribution is 2.27. The van der Waals surface area contributed by atoms with Gasteiger partial charge in [-0.15, -0.1) is 0 Å². The van der Waals surface area contributed by atoms with Gasteiger partial charge in [0.15, 0.2) is 0 Å². The third-order valence-electron chi connectivity index (χ3n) is 3.05. The van der Waals surface area contributed by atoms with Gasteiger partial charge >= 0.3 is 5.97 Å². The first-order chi connectivity index (χ1) is 10.1. The summed E-state index contributed by atoms with van der Waals surface area (Å²) < 4.78 is 30.9. The van der Waals surface area contributed by atoms with Gasteiger partial charge in [0.25, 0.3) is 0 Å². The molecule has 0 radical (unpaired) electrons. The van der Waals surface area contributed by atoms with E-state index in [1.165, 1.54) is 36.4 Å². The number of esters is 1. The Morgan fingerprint density at radius 1 is 0.857 bits per heavy atom. The van der Waals surface area contributed by atoms with Gasteiger partial charge in [0.1, 0.15) is 17.4 Å². The fourth-order valence-corrected chi connectivity index (χ4v) is 1.98. The number of hydrogen-bond donors (Lipinski definition) is 0. The molecule has 1 aliphatic heterocycles. The summed E-state index contributed by atoms with van der Waals surface area (Å²) in [4.78, 5) is 11.8. The molecule has 3 rings (SSSR count). The monoisotopic (exact) mass is 284 g/mol. The molecule has 104 valence electrons. The van der Waals surface area contributed by atoms with Crippen molar-refractivity contribution in [2.24, 2.45) is 0 Å². The molecule has 0 aromatic heterocycles. The van der Waals surface area contributed by atoms with Crippen LogP contribution in [0.3, 0.4) is 0 Å². The van der Waals surface area contributed by atoms with E-state index < -0.39 is 5.97 Å². The maximum Gasteiger partial charge on any atom is 0.343 e. The number of ether oxygens (including phenoxy) is 1. The van der Waals surface area contributed by atoms with Crippen LogP contribution in [0.15, 0.2) is 60.2 Å². The van der Waals surface area contributed by atoms with Crippen molar-refractivity contribution in [2.45, 2.75) is 0 Å². The molecule has 0 spiro atoms. The van der Waals surface area contributed by atoms with Crippen molar-refractivity contribution in [3.63, 3.8) is 0 Å². The number of halogens is 2. The molecule has 21 heavy (non-hydrogen) atoms. The van der Waals surface area contributed by atoms with Gasteiger partial charge in [0, 0.05) is 5.56 Å². The molecule has 0 aliphatic carbocycles. The first kappa shape index (κ1) is 13.2. The third kappa shape index (κ3) is 2.89. The Morgan fingerprint density at radius 2 is 1.43 bits per heavy atom. The van der Waals surface area contributed by atoms with E-state index in [0.29, 0.717) is 22.5 Å². The van der Waals surface area contributed by atoms with E-state index in [9.17, 15) is 13.6 Å². The van der Waals surface area contributed by atoms with Crippen molar-refractivity contribution in [3.8, 4) is 0 Å². The van der Waals surface area contributed by atoms with Crippen molar-refractivity contribution in [3.05, 3.63) is 82.9 Å². The number of hydrogen-bond acceptors (Lipinski definition) is 2. The molecule has 0 fully saturated rings. The van der Waals surface area contributed by atoms with Gasteiger partial charge in [-0.2, -0.15) is 0 Å². The van der Waals surface area contributed by atoms with Gasteiger partial charge < -0.3 is 4.74 Å². The zero-order valence-electron chi connectivity index (χ0n) is 10.8. The minimum absolute atomic E-state index is 0.339. The predicted octanol–water partition coefficient (Wildman–Crippen LogP) is 3.95. The largest absolute Gasteiger partial charge is 0.422 e. The first-order valence-corrected chi connectivity index (χ1v) is 6.29. The summed E-state index contributed by atoms with van der Waals surface area (Å²) in [6.45, 7) is 0. The van der Waals surface area contributed by atoms with Crippen LogP contribution in [-0.4, -0.2) is 5.97 Å². The predicted molar refractivity (Wildman–Crippen MR) is 74.8 cm³/mol. The lowest BCUT2D eigenvalue weighted by molar-refractivity contribution is -0.130. The number of cyclic esters (lactones) is 1. The lowest BCUT2D eigenvalue weighted by Gasteiger charge is -2.00. The lowest BCUT2D eigenvalue weighted by Crippen LogP contribution is -1.97. The normalized spacial score (nSPS) is 16.0. The summed E-state index contributed by atoms with van der Waals surface area (Å²) in [7, 11) is 0. The molecule has 0 bridgehead atoms. The van der Waals surface area contributed by atoms with Crippen molar-refractivity contribution in [1.82, 2.24) is 0 Å². The highest BCUT2D eigenvalue weighted by Gasteiger charge is 2.21. The molecule has 0 atom stereocenters. The van der Waals surface area contributed by atoms with Crippen LogP contribution in [0.5, 0.6) is 0 Å². The van der Waals surface area contributed by atoms with Gasteiger partial charge in [0.05, 0.1) is 5.57 Å². The highest BCUT2D eigenvalue weighted by atomic mass is 19.1. The molecule has 1 heterocycles. The van der Waals surface area contributed by atoms with Crippen LogP contribution in [0.4, 0.5) is 8.78 Å². The summed E-state index contributed by atoms with van der Waals surface area (Å²) in [5, 5.41) is 0. The van der Waals surface area contributed by atoms with Crippen molar-refractivity contribution < 1.29 is 18.3 Å². The van der Waals surface area contributed by atoms with Crippen LogP contribution in [0.25, 0.3) is 11.8 Å². The maximum absolute atomic E-state index is 12.9.